The van der Waals surface area contributed by atoms with Crippen LogP contribution in [0.4, 0.5) is 0 Å². The number of fused-ring (bicyclic) bond motifs is 1. The van der Waals surface area contributed by atoms with E-state index in [4.69, 9.17) is 21.5 Å². The molecule has 33 heavy (non-hydrogen) atoms. The first kappa shape index (κ1) is 26.4. The smallest absolute Gasteiger partial charge is 0.359 e. The van der Waals surface area contributed by atoms with E-state index in [1.807, 2.05) is 13.8 Å². The number of H-pyrrole nitrogens is 1. The Morgan fingerprint density at radius 3 is 2.48 bits per heavy atom. The number of hydrogen-bond donors (Lipinski definition) is 5. The van der Waals surface area contributed by atoms with Crippen LogP contribution in [0.2, 0.25) is 0 Å². The van der Waals surface area contributed by atoms with Crippen LogP contribution in [0.15, 0.2) is 6.20 Å². The Labute approximate surface area is 198 Å². The highest BCUT2D eigenvalue weighted by atomic mass is 32.1. The average Bonchev–Trinajstić information content (AvgIpc) is 3.16. The van der Waals surface area contributed by atoms with E-state index in [2.05, 4.69) is 9.97 Å². The normalized spacial score (nSPS) is 29.0. The van der Waals surface area contributed by atoms with Crippen molar-refractivity contribution in [3.05, 3.63) is 22.2 Å². The highest BCUT2D eigenvalue weighted by molar-refractivity contribution is 7.71. The molecule has 0 saturated carbocycles. The summed E-state index contributed by atoms with van der Waals surface area (Å²) in [6, 6.07) is 0. The van der Waals surface area contributed by atoms with Crippen LogP contribution in [-0.2, 0) is 13.8 Å². The van der Waals surface area contributed by atoms with Crippen LogP contribution in [-0.4, -0.2) is 64.0 Å². The average molecular weight is 504 g/mol. The summed E-state index contributed by atoms with van der Waals surface area (Å²) in [6.07, 6.45) is -2.42. The number of aromatic nitrogens is 3. The second kappa shape index (κ2) is 9.13. The number of aromatic amines is 1. The van der Waals surface area contributed by atoms with Gasteiger partial charge in [0.25, 0.3) is 0 Å². The first-order valence-corrected chi connectivity index (χ1v) is 13.0. The number of aliphatic hydroxyl groups excluding tert-OH is 2. The monoisotopic (exact) mass is 503 g/mol. The maximum Gasteiger partial charge on any atom is 0.359 e. The summed E-state index contributed by atoms with van der Waals surface area (Å²) in [4.78, 5) is 17.9. The summed E-state index contributed by atoms with van der Waals surface area (Å²) >= 11 is 5.39. The van der Waals surface area contributed by atoms with Gasteiger partial charge in [-0.2, -0.15) is 0 Å². The molecule has 0 aliphatic carbocycles. The SMILES string of the molecule is CCC(C)(C[C@H]1O[C@@H](n2cc3c(C)c(C)[nH]c3nc2=S)[C@@H](O)C1O)OP(=O)(O)C(C)(O)CC. The minimum Gasteiger partial charge on any atom is -0.388 e. The molecule has 4 unspecified atom stereocenters. The molecule has 186 valence electrons. The van der Waals surface area contributed by atoms with Gasteiger partial charge in [0.1, 0.15) is 17.9 Å². The number of nitrogens with zero attached hydrogens (tertiary/aromatic N) is 2. The first-order valence-electron chi connectivity index (χ1n) is 11.0. The lowest BCUT2D eigenvalue weighted by Crippen LogP contribution is -2.40. The molecule has 0 radical (unpaired) electrons. The molecule has 3 heterocycles. The molecule has 5 N–H and O–H groups in total. The molecule has 0 bridgehead atoms. The van der Waals surface area contributed by atoms with Crippen molar-refractivity contribution in [3.63, 3.8) is 0 Å². The molecule has 1 aliphatic rings. The van der Waals surface area contributed by atoms with Crippen molar-refractivity contribution >= 4 is 30.8 Å². The van der Waals surface area contributed by atoms with Crippen molar-refractivity contribution in [2.45, 2.75) is 96.3 Å². The molecule has 10 nitrogen and oxygen atoms in total. The lowest BCUT2D eigenvalue weighted by molar-refractivity contribution is -0.0707. The van der Waals surface area contributed by atoms with Gasteiger partial charge in [0.15, 0.2) is 11.6 Å². The third-order valence-corrected chi connectivity index (χ3v) is 9.36. The Hall–Kier alpha value is -1.17. The first-order chi connectivity index (χ1) is 15.2. The summed E-state index contributed by atoms with van der Waals surface area (Å²) < 4.78 is 26.0. The van der Waals surface area contributed by atoms with E-state index < -0.39 is 43.1 Å². The van der Waals surface area contributed by atoms with Gasteiger partial charge in [0.2, 0.25) is 4.77 Å². The predicted octanol–water partition coefficient (Wildman–Crippen LogP) is 3.21. The summed E-state index contributed by atoms with van der Waals surface area (Å²) in [6.45, 7) is 10.1. The Kier molecular flexibility index (Phi) is 7.31. The summed E-state index contributed by atoms with van der Waals surface area (Å²) in [5.41, 5.74) is 1.36. The Balaban J connectivity index is 1.88. The Morgan fingerprint density at radius 2 is 1.91 bits per heavy atom. The molecular weight excluding hydrogens is 469 g/mol. The zero-order valence-corrected chi connectivity index (χ0v) is 21.5. The summed E-state index contributed by atoms with van der Waals surface area (Å²) in [5, 5.41) is 30.7. The number of aryl methyl sites for hydroxylation is 2. The largest absolute Gasteiger partial charge is 0.388 e. The van der Waals surface area contributed by atoms with E-state index in [0.29, 0.717) is 12.1 Å². The van der Waals surface area contributed by atoms with E-state index in [1.54, 1.807) is 27.0 Å². The van der Waals surface area contributed by atoms with Gasteiger partial charge < -0.3 is 34.5 Å². The van der Waals surface area contributed by atoms with Crippen LogP contribution < -0.4 is 0 Å². The molecule has 2 aromatic rings. The van der Waals surface area contributed by atoms with Gasteiger partial charge in [0, 0.05) is 23.7 Å². The second-order valence-electron chi connectivity index (χ2n) is 9.30. The highest BCUT2D eigenvalue weighted by Crippen LogP contribution is 2.59. The van der Waals surface area contributed by atoms with Crippen molar-refractivity contribution in [1.82, 2.24) is 14.5 Å². The quantitative estimate of drug-likeness (QED) is 0.270. The lowest BCUT2D eigenvalue weighted by Gasteiger charge is -2.37. The van der Waals surface area contributed by atoms with Crippen LogP contribution in [0.25, 0.3) is 11.0 Å². The Bertz CT molecular complexity index is 1130. The fourth-order valence-electron chi connectivity index (χ4n) is 3.89. The molecule has 0 amide bonds. The second-order valence-corrected chi connectivity index (χ2v) is 11.9. The van der Waals surface area contributed by atoms with Crippen molar-refractivity contribution in [2.75, 3.05) is 0 Å². The standard InChI is InChI=1S/C21H34N3O7PS/c1-7-20(5,31-32(28,29)21(6,27)8-2)9-14-15(25)16(26)18(30-14)24-10-13-11(3)12(4)22-17(13)23-19(24)33/h10,14-16,18,25-27H,7-9H2,1-6H3,(H,28,29)(H,22,23,33)/t14-,15?,16+,18-,20?,21?/m1/s1. The predicted molar refractivity (Wildman–Crippen MR) is 125 cm³/mol. The van der Waals surface area contributed by atoms with Gasteiger partial charge in [-0.05, 0) is 58.3 Å². The lowest BCUT2D eigenvalue weighted by atomic mass is 9.93. The van der Waals surface area contributed by atoms with Crippen LogP contribution in [0.3, 0.4) is 0 Å². The summed E-state index contributed by atoms with van der Waals surface area (Å²) in [7, 11) is -4.42. The third-order valence-electron chi connectivity index (χ3n) is 6.84. The molecule has 1 fully saturated rings. The van der Waals surface area contributed by atoms with Crippen LogP contribution >= 0.6 is 19.8 Å². The zero-order valence-electron chi connectivity index (χ0n) is 19.8. The van der Waals surface area contributed by atoms with Crippen LogP contribution in [0.1, 0.15) is 64.4 Å². The molecule has 0 spiro atoms. The fourth-order valence-corrected chi connectivity index (χ4v) is 5.54. The topological polar surface area (TPSA) is 150 Å². The van der Waals surface area contributed by atoms with Crippen molar-refractivity contribution in [2.24, 2.45) is 0 Å². The van der Waals surface area contributed by atoms with Crippen molar-refractivity contribution < 1.29 is 34.0 Å². The molecule has 1 aliphatic heterocycles. The van der Waals surface area contributed by atoms with E-state index in [9.17, 15) is 24.8 Å². The van der Waals surface area contributed by atoms with Crippen LogP contribution in [0.5, 0.6) is 0 Å². The van der Waals surface area contributed by atoms with Gasteiger partial charge in [-0.15, -0.1) is 0 Å². The van der Waals surface area contributed by atoms with Gasteiger partial charge in [-0.3, -0.25) is 9.13 Å². The molecule has 1 saturated heterocycles. The van der Waals surface area contributed by atoms with Crippen molar-refractivity contribution in [3.8, 4) is 0 Å². The molecule has 12 heteroatoms. The highest BCUT2D eigenvalue weighted by Gasteiger charge is 2.50. The molecule has 3 rings (SSSR count). The van der Waals surface area contributed by atoms with Crippen molar-refractivity contribution in [1.29, 1.82) is 0 Å². The number of rotatable bonds is 8. The summed E-state index contributed by atoms with van der Waals surface area (Å²) in [5.74, 6) is 0. The molecule has 7 atom stereocenters. The van der Waals surface area contributed by atoms with Gasteiger partial charge in [-0.1, -0.05) is 13.8 Å². The third kappa shape index (κ3) is 4.83. The zero-order chi connectivity index (χ0) is 24.9. The minimum atomic E-state index is -4.42. The van der Waals surface area contributed by atoms with E-state index in [1.165, 1.54) is 11.5 Å². The van der Waals surface area contributed by atoms with Crippen LogP contribution in [0, 0.1) is 18.6 Å². The number of aliphatic hydroxyl groups is 3. The van der Waals surface area contributed by atoms with E-state index in [0.717, 1.165) is 16.6 Å². The van der Waals surface area contributed by atoms with E-state index in [-0.39, 0.29) is 17.6 Å². The Morgan fingerprint density at radius 1 is 1.27 bits per heavy atom. The maximum absolute atomic E-state index is 12.8. The maximum atomic E-state index is 12.8. The number of ether oxygens (including phenoxy) is 1. The molecule has 0 aromatic carbocycles. The van der Waals surface area contributed by atoms with Gasteiger partial charge in [-0.25, -0.2) is 4.98 Å². The van der Waals surface area contributed by atoms with Gasteiger partial charge >= 0.3 is 7.60 Å². The minimum absolute atomic E-state index is 0.00779. The van der Waals surface area contributed by atoms with E-state index >= 15 is 0 Å². The molecular formula is C21H34N3O7PS. The number of nitrogens with one attached hydrogen (secondary N) is 1. The fraction of sp³-hybridized carbons (Fsp3) is 0.714. The number of hydrogen-bond acceptors (Lipinski definition) is 8. The molecule has 2 aromatic heterocycles. The van der Waals surface area contributed by atoms with Gasteiger partial charge in [0.05, 0.1) is 11.7 Å².